The van der Waals surface area contributed by atoms with Crippen molar-refractivity contribution in [2.75, 3.05) is 13.7 Å². The standard InChI is InChI=1S/C15H21NO/c1-17-14-4-2-3-12(9-14)10-16-11-15(7-8-15)13-5-6-13/h2-4,9,13,16H,5-8,10-11H2,1H3. The van der Waals surface area contributed by atoms with Crippen molar-refractivity contribution < 1.29 is 4.74 Å². The van der Waals surface area contributed by atoms with Gasteiger partial charge in [-0.3, -0.25) is 0 Å². The van der Waals surface area contributed by atoms with E-state index < -0.39 is 0 Å². The fourth-order valence-electron chi connectivity index (χ4n) is 2.82. The smallest absolute Gasteiger partial charge is 0.119 e. The van der Waals surface area contributed by atoms with Gasteiger partial charge in [-0.1, -0.05) is 12.1 Å². The summed E-state index contributed by atoms with van der Waals surface area (Å²) in [4.78, 5) is 0. The summed E-state index contributed by atoms with van der Waals surface area (Å²) in [6.45, 7) is 2.17. The summed E-state index contributed by atoms with van der Waals surface area (Å²) < 4.78 is 5.23. The molecule has 0 bridgehead atoms. The monoisotopic (exact) mass is 231 g/mol. The SMILES string of the molecule is COc1cccc(CNCC2(C3CC3)CC2)c1. The predicted molar refractivity (Wildman–Crippen MR) is 69.1 cm³/mol. The molecule has 1 aromatic rings. The molecule has 2 heteroatoms. The van der Waals surface area contributed by atoms with Crippen LogP contribution in [0.1, 0.15) is 31.2 Å². The molecule has 2 aliphatic rings. The first kappa shape index (κ1) is 11.1. The quantitative estimate of drug-likeness (QED) is 0.812. The molecule has 0 heterocycles. The highest BCUT2D eigenvalue weighted by Gasteiger charge is 2.53. The first-order valence-electron chi connectivity index (χ1n) is 6.66. The molecule has 0 radical (unpaired) electrons. The topological polar surface area (TPSA) is 21.3 Å². The molecule has 0 aliphatic heterocycles. The molecule has 17 heavy (non-hydrogen) atoms. The number of benzene rings is 1. The maximum absolute atomic E-state index is 5.23. The highest BCUT2D eigenvalue weighted by atomic mass is 16.5. The molecule has 0 atom stereocenters. The van der Waals surface area contributed by atoms with Crippen molar-refractivity contribution in [1.29, 1.82) is 0 Å². The number of methoxy groups -OCH3 is 1. The number of nitrogens with one attached hydrogen (secondary N) is 1. The predicted octanol–water partition coefficient (Wildman–Crippen LogP) is 2.98. The van der Waals surface area contributed by atoms with E-state index in [0.717, 1.165) is 18.2 Å². The van der Waals surface area contributed by atoms with E-state index in [9.17, 15) is 0 Å². The summed E-state index contributed by atoms with van der Waals surface area (Å²) in [6, 6.07) is 8.33. The Balaban J connectivity index is 1.50. The lowest BCUT2D eigenvalue weighted by Crippen LogP contribution is -2.24. The van der Waals surface area contributed by atoms with Crippen LogP contribution >= 0.6 is 0 Å². The minimum atomic E-state index is 0.693. The molecule has 0 aromatic heterocycles. The Kier molecular flexibility index (Phi) is 2.83. The zero-order valence-corrected chi connectivity index (χ0v) is 10.5. The zero-order valence-electron chi connectivity index (χ0n) is 10.5. The van der Waals surface area contributed by atoms with Gasteiger partial charge in [0, 0.05) is 13.1 Å². The van der Waals surface area contributed by atoms with Gasteiger partial charge in [0.15, 0.2) is 0 Å². The summed E-state index contributed by atoms with van der Waals surface area (Å²) in [6.07, 6.45) is 5.84. The third-order valence-electron chi connectivity index (χ3n) is 4.28. The zero-order chi connectivity index (χ0) is 11.7. The van der Waals surface area contributed by atoms with E-state index >= 15 is 0 Å². The summed E-state index contributed by atoms with van der Waals surface area (Å²) in [5, 5.41) is 3.62. The summed E-state index contributed by atoms with van der Waals surface area (Å²) >= 11 is 0. The fraction of sp³-hybridized carbons (Fsp3) is 0.600. The molecule has 0 unspecified atom stereocenters. The van der Waals surface area contributed by atoms with Crippen LogP contribution in [0.2, 0.25) is 0 Å². The lowest BCUT2D eigenvalue weighted by Gasteiger charge is -2.15. The lowest BCUT2D eigenvalue weighted by atomic mass is 10.0. The van der Waals surface area contributed by atoms with Gasteiger partial charge >= 0.3 is 0 Å². The third kappa shape index (κ3) is 2.47. The Hall–Kier alpha value is -1.02. The van der Waals surface area contributed by atoms with E-state index in [1.807, 2.05) is 6.07 Å². The normalized spacial score (nSPS) is 21.2. The second kappa shape index (κ2) is 4.34. The average molecular weight is 231 g/mol. The van der Waals surface area contributed by atoms with Crippen LogP contribution in [-0.2, 0) is 6.54 Å². The minimum absolute atomic E-state index is 0.693. The van der Waals surface area contributed by atoms with Crippen LogP contribution in [0.5, 0.6) is 5.75 Å². The number of hydrogen-bond donors (Lipinski definition) is 1. The van der Waals surface area contributed by atoms with Crippen molar-refractivity contribution in [1.82, 2.24) is 5.32 Å². The average Bonchev–Trinajstić information content (AvgIpc) is 3.21. The highest BCUT2D eigenvalue weighted by molar-refractivity contribution is 5.28. The minimum Gasteiger partial charge on any atom is -0.497 e. The fourth-order valence-corrected chi connectivity index (χ4v) is 2.82. The number of rotatable bonds is 6. The second-order valence-corrected chi connectivity index (χ2v) is 5.59. The molecule has 0 saturated heterocycles. The van der Waals surface area contributed by atoms with Crippen molar-refractivity contribution in [2.45, 2.75) is 32.2 Å². The molecule has 2 fully saturated rings. The molecule has 0 amide bonds. The van der Waals surface area contributed by atoms with E-state index in [-0.39, 0.29) is 0 Å². The maximum Gasteiger partial charge on any atom is 0.119 e. The number of ether oxygens (including phenoxy) is 1. The van der Waals surface area contributed by atoms with Gasteiger partial charge in [0.1, 0.15) is 5.75 Å². The van der Waals surface area contributed by atoms with Gasteiger partial charge in [-0.2, -0.15) is 0 Å². The Morgan fingerprint density at radius 1 is 1.35 bits per heavy atom. The van der Waals surface area contributed by atoms with Crippen LogP contribution in [-0.4, -0.2) is 13.7 Å². The molecule has 2 nitrogen and oxygen atoms in total. The van der Waals surface area contributed by atoms with Crippen LogP contribution in [0.4, 0.5) is 0 Å². The number of hydrogen-bond acceptors (Lipinski definition) is 2. The first-order valence-corrected chi connectivity index (χ1v) is 6.66. The third-order valence-corrected chi connectivity index (χ3v) is 4.28. The van der Waals surface area contributed by atoms with Crippen LogP contribution in [0, 0.1) is 11.3 Å². The molecule has 1 aromatic carbocycles. The van der Waals surface area contributed by atoms with E-state index in [2.05, 4.69) is 23.5 Å². The Labute approximate surface area is 103 Å². The van der Waals surface area contributed by atoms with Crippen LogP contribution in [0.15, 0.2) is 24.3 Å². The van der Waals surface area contributed by atoms with Crippen LogP contribution in [0.25, 0.3) is 0 Å². The van der Waals surface area contributed by atoms with E-state index in [0.29, 0.717) is 5.41 Å². The van der Waals surface area contributed by atoms with Gasteiger partial charge in [-0.15, -0.1) is 0 Å². The van der Waals surface area contributed by atoms with Gasteiger partial charge in [-0.25, -0.2) is 0 Å². The largest absolute Gasteiger partial charge is 0.497 e. The molecule has 3 rings (SSSR count). The molecular formula is C15H21NO. The Morgan fingerprint density at radius 2 is 2.18 bits per heavy atom. The van der Waals surface area contributed by atoms with Crippen LogP contribution in [0.3, 0.4) is 0 Å². The van der Waals surface area contributed by atoms with E-state index in [4.69, 9.17) is 4.74 Å². The van der Waals surface area contributed by atoms with Gasteiger partial charge in [0.2, 0.25) is 0 Å². The second-order valence-electron chi connectivity index (χ2n) is 5.59. The van der Waals surface area contributed by atoms with E-state index in [1.165, 1.54) is 37.8 Å². The summed E-state index contributed by atoms with van der Waals surface area (Å²) in [5.41, 5.74) is 2.01. The maximum atomic E-state index is 5.23. The summed E-state index contributed by atoms with van der Waals surface area (Å²) in [5.74, 6) is 1.99. The van der Waals surface area contributed by atoms with Crippen molar-refractivity contribution in [3.8, 4) is 5.75 Å². The molecule has 0 spiro atoms. The van der Waals surface area contributed by atoms with Gasteiger partial charge < -0.3 is 10.1 Å². The molecule has 92 valence electrons. The molecule has 2 saturated carbocycles. The molecule has 2 aliphatic carbocycles. The van der Waals surface area contributed by atoms with Gasteiger partial charge in [0.25, 0.3) is 0 Å². The highest BCUT2D eigenvalue weighted by Crippen LogP contribution is 2.60. The van der Waals surface area contributed by atoms with Gasteiger partial charge in [0.05, 0.1) is 7.11 Å². The lowest BCUT2D eigenvalue weighted by molar-refractivity contribution is 0.401. The summed E-state index contributed by atoms with van der Waals surface area (Å²) in [7, 11) is 1.72. The van der Waals surface area contributed by atoms with Gasteiger partial charge in [-0.05, 0) is 54.7 Å². The Morgan fingerprint density at radius 3 is 2.82 bits per heavy atom. The van der Waals surface area contributed by atoms with Crippen molar-refractivity contribution in [2.24, 2.45) is 11.3 Å². The van der Waals surface area contributed by atoms with E-state index in [1.54, 1.807) is 7.11 Å². The Bertz CT molecular complexity index is 394. The molecule has 1 N–H and O–H groups in total. The van der Waals surface area contributed by atoms with Crippen molar-refractivity contribution in [3.05, 3.63) is 29.8 Å². The van der Waals surface area contributed by atoms with Crippen LogP contribution < -0.4 is 10.1 Å². The van der Waals surface area contributed by atoms with Crippen molar-refractivity contribution in [3.63, 3.8) is 0 Å². The molecular weight excluding hydrogens is 210 g/mol. The van der Waals surface area contributed by atoms with Crippen molar-refractivity contribution >= 4 is 0 Å². The first-order chi connectivity index (χ1) is 8.32.